The van der Waals surface area contributed by atoms with E-state index in [0.29, 0.717) is 12.5 Å². The number of para-hydroxylation sites is 3. The van der Waals surface area contributed by atoms with Gasteiger partial charge in [-0.3, -0.25) is 3.96 Å². The van der Waals surface area contributed by atoms with E-state index in [-0.39, 0.29) is 0 Å². The van der Waals surface area contributed by atoms with Crippen LogP contribution in [0.1, 0.15) is 24.5 Å². The van der Waals surface area contributed by atoms with E-state index in [2.05, 4.69) is 62.4 Å². The maximum Gasteiger partial charge on any atom is 0.119 e. The van der Waals surface area contributed by atoms with Crippen LogP contribution in [-0.4, -0.2) is 45.7 Å². The fourth-order valence-electron chi connectivity index (χ4n) is 4.68. The molecule has 5 rings (SSSR count). The lowest BCUT2D eigenvalue weighted by Crippen LogP contribution is -2.37. The third-order valence-corrected chi connectivity index (χ3v) is 7.70. The molecule has 1 saturated heterocycles. The summed E-state index contributed by atoms with van der Waals surface area (Å²) in [4.78, 5) is 6.00. The molecule has 172 valence electrons. The van der Waals surface area contributed by atoms with E-state index < -0.39 is 6.10 Å². The minimum absolute atomic E-state index is 0.493. The van der Waals surface area contributed by atoms with Gasteiger partial charge in [0, 0.05) is 13.1 Å². The number of ether oxygens (including phenoxy) is 1. The molecular weight excluding hydrogens is 430 g/mol. The quantitative estimate of drug-likeness (QED) is 0.384. The van der Waals surface area contributed by atoms with E-state index in [1.54, 1.807) is 7.11 Å². The molecule has 1 unspecified atom stereocenters. The number of methoxy groups -OCH3 is 1. The van der Waals surface area contributed by atoms with Crippen molar-refractivity contribution in [2.24, 2.45) is 5.92 Å². The number of rotatable bonds is 6. The topological polar surface area (TPSA) is 53.4 Å². The highest BCUT2D eigenvalue weighted by atomic mass is 32.1. The number of nitrogens with one attached hydrogen (secondary N) is 1. The first-order valence-electron chi connectivity index (χ1n) is 11.6. The summed E-state index contributed by atoms with van der Waals surface area (Å²) in [6, 6.07) is 24.9. The summed E-state index contributed by atoms with van der Waals surface area (Å²) in [7, 11) is 1.66. The zero-order valence-electron chi connectivity index (χ0n) is 19.0. The number of aromatic nitrogens is 2. The first-order valence-corrected chi connectivity index (χ1v) is 12.4. The van der Waals surface area contributed by atoms with E-state index in [0.717, 1.165) is 49.3 Å². The summed E-state index contributed by atoms with van der Waals surface area (Å²) in [5, 5.41) is 10.7. The van der Waals surface area contributed by atoms with Crippen LogP contribution >= 0.6 is 11.5 Å². The summed E-state index contributed by atoms with van der Waals surface area (Å²) in [6.45, 7) is 3.71. The molecule has 4 aromatic rings. The van der Waals surface area contributed by atoms with Gasteiger partial charge in [-0.25, -0.2) is 0 Å². The fourth-order valence-corrected chi connectivity index (χ4v) is 5.82. The van der Waals surface area contributed by atoms with Gasteiger partial charge in [0.1, 0.15) is 5.75 Å². The molecule has 0 aliphatic carbocycles. The normalized spacial score (nSPS) is 16.2. The first-order chi connectivity index (χ1) is 16.2. The molecule has 6 heteroatoms. The Kier molecular flexibility index (Phi) is 6.67. The number of aromatic amines is 1. The summed E-state index contributed by atoms with van der Waals surface area (Å²) in [6.07, 6.45) is 1.78. The van der Waals surface area contributed by atoms with Crippen LogP contribution in [0.2, 0.25) is 0 Å². The lowest BCUT2D eigenvalue weighted by atomic mass is 9.96. The van der Waals surface area contributed by atoms with Crippen molar-refractivity contribution in [2.75, 3.05) is 26.7 Å². The van der Waals surface area contributed by atoms with Gasteiger partial charge >= 0.3 is 0 Å². The number of hydrogen-bond donors (Lipinski definition) is 2. The predicted molar refractivity (Wildman–Crippen MR) is 136 cm³/mol. The molecule has 2 N–H and O–H groups in total. The van der Waals surface area contributed by atoms with Crippen molar-refractivity contribution >= 4 is 32.8 Å². The Balaban J connectivity index is 1.28. The van der Waals surface area contributed by atoms with E-state index in [1.807, 2.05) is 35.8 Å². The number of H-pyrrole nitrogens is 1. The van der Waals surface area contributed by atoms with Crippen LogP contribution in [0.15, 0.2) is 72.8 Å². The van der Waals surface area contributed by atoms with Crippen LogP contribution in [0.5, 0.6) is 5.75 Å². The lowest BCUT2D eigenvalue weighted by Gasteiger charge is -2.33. The fraction of sp³-hybridized carbons (Fsp3) is 0.333. The molecule has 0 saturated carbocycles. The molecule has 2 heterocycles. The van der Waals surface area contributed by atoms with Crippen molar-refractivity contribution in [3.05, 3.63) is 78.4 Å². The maximum absolute atomic E-state index is 10.7. The maximum atomic E-state index is 10.7. The van der Waals surface area contributed by atoms with Gasteiger partial charge < -0.3 is 19.7 Å². The molecule has 1 aromatic heterocycles. The minimum atomic E-state index is -0.493. The number of benzene rings is 3. The zero-order valence-corrected chi connectivity index (χ0v) is 19.8. The van der Waals surface area contributed by atoms with Gasteiger partial charge in [-0.1, -0.05) is 47.9 Å². The van der Waals surface area contributed by atoms with Crippen molar-refractivity contribution in [2.45, 2.75) is 25.5 Å². The predicted octanol–water partition coefficient (Wildman–Crippen LogP) is 5.76. The second-order valence-corrected chi connectivity index (χ2v) is 9.89. The third-order valence-electron chi connectivity index (χ3n) is 6.58. The highest BCUT2D eigenvalue weighted by molar-refractivity contribution is 7.13. The van der Waals surface area contributed by atoms with Gasteiger partial charge in [-0.2, -0.15) is 0 Å². The Labute approximate surface area is 198 Å². The molecule has 5 nitrogen and oxygen atoms in total. The molecule has 0 radical (unpaired) electrons. The molecule has 33 heavy (non-hydrogen) atoms. The molecule has 3 aromatic carbocycles. The molecule has 1 fully saturated rings. The number of likely N-dealkylation sites (tertiary alicyclic amines) is 1. The van der Waals surface area contributed by atoms with Gasteiger partial charge in [0.25, 0.3) is 0 Å². The molecule has 0 bridgehead atoms. The Bertz CT molecular complexity index is 1260. The Morgan fingerprint density at radius 1 is 1.00 bits per heavy atom. The number of aliphatic hydroxyl groups is 1. The molecule has 1 aliphatic rings. The third kappa shape index (κ3) is 5.08. The highest BCUT2D eigenvalue weighted by Crippen LogP contribution is 2.27. The van der Waals surface area contributed by atoms with Gasteiger partial charge in [-0.15, -0.1) is 0 Å². The second kappa shape index (κ2) is 10.00. The average Bonchev–Trinajstić information content (AvgIpc) is 3.01. The molecular formula is C27H31N3O2S. The monoisotopic (exact) mass is 461 g/mol. The summed E-state index contributed by atoms with van der Waals surface area (Å²) in [5.41, 5.74) is 4.49. The van der Waals surface area contributed by atoms with Gasteiger partial charge in [-0.05, 0) is 73.8 Å². The molecule has 0 amide bonds. The number of piperidine rings is 1. The zero-order chi connectivity index (χ0) is 22.6. The van der Waals surface area contributed by atoms with Crippen LogP contribution < -0.4 is 4.74 Å². The van der Waals surface area contributed by atoms with Crippen LogP contribution in [0.3, 0.4) is 0 Å². The van der Waals surface area contributed by atoms with E-state index >= 15 is 0 Å². The van der Waals surface area contributed by atoms with Crippen LogP contribution in [0.25, 0.3) is 21.3 Å². The van der Waals surface area contributed by atoms with Gasteiger partial charge in [0.05, 0.1) is 34.5 Å². The Morgan fingerprint density at radius 2 is 1.76 bits per heavy atom. The van der Waals surface area contributed by atoms with Crippen molar-refractivity contribution < 1.29 is 9.84 Å². The van der Waals surface area contributed by atoms with Crippen LogP contribution in [-0.2, 0) is 6.54 Å². The van der Waals surface area contributed by atoms with Crippen molar-refractivity contribution in [3.63, 3.8) is 0 Å². The Morgan fingerprint density at radius 3 is 2.58 bits per heavy atom. The number of fused-ring (bicyclic) bond motifs is 2. The summed E-state index contributed by atoms with van der Waals surface area (Å²) >= 11 is 1.83. The molecule has 1 aliphatic heterocycles. The van der Waals surface area contributed by atoms with E-state index in [4.69, 9.17) is 4.74 Å². The molecule has 0 spiro atoms. The minimum Gasteiger partial charge on any atom is -0.497 e. The Hall–Kier alpha value is -2.80. The van der Waals surface area contributed by atoms with Gasteiger partial charge in [0.15, 0.2) is 0 Å². The van der Waals surface area contributed by atoms with Gasteiger partial charge in [0.2, 0.25) is 0 Å². The lowest BCUT2D eigenvalue weighted by molar-refractivity contribution is 0.0871. The number of nitrogens with zero attached hydrogens (tertiary/aromatic N) is 2. The summed E-state index contributed by atoms with van der Waals surface area (Å²) < 4.78 is 9.02. The van der Waals surface area contributed by atoms with E-state index in [1.165, 1.54) is 15.7 Å². The average molecular weight is 462 g/mol. The SMILES string of the molecule is COc1cccc(C(O)CN2CCC(Cn3sc4ccccc4[nH]c4ccccc43)CC2)c1. The van der Waals surface area contributed by atoms with Crippen LogP contribution in [0.4, 0.5) is 0 Å². The van der Waals surface area contributed by atoms with Crippen molar-refractivity contribution in [1.82, 2.24) is 13.8 Å². The second-order valence-electron chi connectivity index (χ2n) is 8.83. The first kappa shape index (κ1) is 22.0. The number of β-amino-alcohol motifs (C(OH)–C–C–N with tert-alkyl or cyclic N) is 1. The summed E-state index contributed by atoms with van der Waals surface area (Å²) in [5.74, 6) is 1.41. The molecule has 1 atom stereocenters. The van der Waals surface area contributed by atoms with Crippen molar-refractivity contribution in [3.8, 4) is 5.75 Å². The standard InChI is InChI=1S/C27H31N3O2S/c1-32-22-8-6-7-21(17-22)26(31)19-29-15-13-20(14-16-29)18-30-25-11-4-2-9-23(25)28-24-10-3-5-12-27(24)33-30/h2-12,17,20,26,28,31H,13-16,18-19H2,1H3. The number of aliphatic hydroxyl groups excluding tert-OH is 1. The highest BCUT2D eigenvalue weighted by Gasteiger charge is 2.22. The van der Waals surface area contributed by atoms with E-state index in [9.17, 15) is 5.11 Å². The number of hydrogen-bond acceptors (Lipinski definition) is 4. The van der Waals surface area contributed by atoms with Crippen LogP contribution in [0, 0.1) is 5.92 Å². The van der Waals surface area contributed by atoms with Crippen molar-refractivity contribution in [1.29, 1.82) is 0 Å². The smallest absolute Gasteiger partial charge is 0.119 e. The largest absolute Gasteiger partial charge is 0.497 e.